The lowest BCUT2D eigenvalue weighted by molar-refractivity contribution is 0.0549. The lowest BCUT2D eigenvalue weighted by atomic mass is 10.2. The fourth-order valence-corrected chi connectivity index (χ4v) is 2.05. The SMILES string of the molecule is CCN(C(=O)N1CCOCC1)c1cccc(N)c1. The molecule has 0 spiro atoms. The number of benzene rings is 1. The molecule has 0 aliphatic carbocycles. The molecule has 1 saturated heterocycles. The summed E-state index contributed by atoms with van der Waals surface area (Å²) in [5.74, 6) is 0. The van der Waals surface area contributed by atoms with Crippen LogP contribution in [0, 0.1) is 0 Å². The van der Waals surface area contributed by atoms with E-state index in [1.165, 1.54) is 0 Å². The van der Waals surface area contributed by atoms with E-state index in [1.54, 1.807) is 4.90 Å². The van der Waals surface area contributed by atoms with Crippen molar-refractivity contribution in [3.05, 3.63) is 24.3 Å². The monoisotopic (exact) mass is 249 g/mol. The van der Waals surface area contributed by atoms with Gasteiger partial charge in [0.15, 0.2) is 0 Å². The topological polar surface area (TPSA) is 58.8 Å². The van der Waals surface area contributed by atoms with Gasteiger partial charge in [0.05, 0.1) is 13.2 Å². The van der Waals surface area contributed by atoms with E-state index in [2.05, 4.69) is 0 Å². The summed E-state index contributed by atoms with van der Waals surface area (Å²) in [5, 5.41) is 0. The standard InChI is InChI=1S/C13H19N3O2/c1-2-16(12-5-3-4-11(14)10-12)13(17)15-6-8-18-9-7-15/h3-5,10H,2,6-9,14H2,1H3. The number of anilines is 2. The van der Waals surface area contributed by atoms with Gasteiger partial charge in [-0.2, -0.15) is 0 Å². The zero-order valence-electron chi connectivity index (χ0n) is 10.6. The number of nitrogens with two attached hydrogens (primary N) is 1. The van der Waals surface area contributed by atoms with Crippen LogP contribution >= 0.6 is 0 Å². The number of morpholine rings is 1. The molecule has 1 aromatic rings. The third-order valence-corrected chi connectivity index (χ3v) is 3.01. The van der Waals surface area contributed by atoms with Crippen LogP contribution in [0.4, 0.5) is 16.2 Å². The van der Waals surface area contributed by atoms with Gasteiger partial charge < -0.3 is 15.4 Å². The minimum atomic E-state index is 0.0198. The van der Waals surface area contributed by atoms with E-state index >= 15 is 0 Å². The van der Waals surface area contributed by atoms with Crippen molar-refractivity contribution in [1.29, 1.82) is 0 Å². The molecule has 2 rings (SSSR count). The number of hydrogen-bond acceptors (Lipinski definition) is 3. The second-order valence-electron chi connectivity index (χ2n) is 4.22. The molecule has 0 saturated carbocycles. The first-order valence-corrected chi connectivity index (χ1v) is 6.22. The van der Waals surface area contributed by atoms with Crippen LogP contribution in [0.25, 0.3) is 0 Å². The van der Waals surface area contributed by atoms with Crippen LogP contribution in [0.5, 0.6) is 0 Å². The quantitative estimate of drug-likeness (QED) is 0.809. The van der Waals surface area contributed by atoms with Crippen LogP contribution in [0.1, 0.15) is 6.92 Å². The van der Waals surface area contributed by atoms with Gasteiger partial charge in [-0.3, -0.25) is 4.90 Å². The van der Waals surface area contributed by atoms with Gasteiger partial charge in [0, 0.05) is 31.0 Å². The van der Waals surface area contributed by atoms with E-state index in [4.69, 9.17) is 10.5 Å². The second-order valence-corrected chi connectivity index (χ2v) is 4.22. The normalized spacial score (nSPS) is 15.5. The Morgan fingerprint density at radius 1 is 1.44 bits per heavy atom. The third kappa shape index (κ3) is 2.73. The van der Waals surface area contributed by atoms with E-state index < -0.39 is 0 Å². The molecular weight excluding hydrogens is 230 g/mol. The number of carbonyl (C=O) groups is 1. The van der Waals surface area contributed by atoms with Crippen LogP contribution in [0.15, 0.2) is 24.3 Å². The molecule has 0 unspecified atom stereocenters. The van der Waals surface area contributed by atoms with Crippen LogP contribution in [-0.2, 0) is 4.74 Å². The first-order valence-electron chi connectivity index (χ1n) is 6.22. The molecule has 5 heteroatoms. The van der Waals surface area contributed by atoms with Crippen molar-refractivity contribution in [3.63, 3.8) is 0 Å². The molecule has 18 heavy (non-hydrogen) atoms. The Bertz CT molecular complexity index is 416. The third-order valence-electron chi connectivity index (χ3n) is 3.01. The number of urea groups is 1. The predicted molar refractivity (Wildman–Crippen MR) is 71.7 cm³/mol. The maximum atomic E-state index is 12.4. The minimum Gasteiger partial charge on any atom is -0.399 e. The number of hydrogen-bond donors (Lipinski definition) is 1. The molecule has 5 nitrogen and oxygen atoms in total. The van der Waals surface area contributed by atoms with Crippen molar-refractivity contribution < 1.29 is 9.53 Å². The van der Waals surface area contributed by atoms with Gasteiger partial charge >= 0.3 is 6.03 Å². The van der Waals surface area contributed by atoms with E-state index in [0.717, 1.165) is 5.69 Å². The number of carbonyl (C=O) groups excluding carboxylic acids is 1. The lowest BCUT2D eigenvalue weighted by Gasteiger charge is -2.32. The van der Waals surface area contributed by atoms with Crippen LogP contribution in [0.3, 0.4) is 0 Å². The summed E-state index contributed by atoms with van der Waals surface area (Å²) in [5.41, 5.74) is 7.27. The first-order chi connectivity index (χ1) is 8.72. The summed E-state index contributed by atoms with van der Waals surface area (Å²) in [4.78, 5) is 15.9. The molecule has 1 aliphatic rings. The number of amides is 2. The highest BCUT2D eigenvalue weighted by molar-refractivity contribution is 5.92. The highest BCUT2D eigenvalue weighted by Crippen LogP contribution is 2.19. The number of rotatable bonds is 2. The molecule has 2 amide bonds. The van der Waals surface area contributed by atoms with Crippen molar-refractivity contribution in [2.75, 3.05) is 43.5 Å². The van der Waals surface area contributed by atoms with E-state index in [1.807, 2.05) is 36.1 Å². The average Bonchev–Trinajstić information content (AvgIpc) is 2.40. The maximum Gasteiger partial charge on any atom is 0.324 e. The van der Waals surface area contributed by atoms with Crippen LogP contribution in [0.2, 0.25) is 0 Å². The fraction of sp³-hybridized carbons (Fsp3) is 0.462. The molecule has 1 aliphatic heterocycles. The highest BCUT2D eigenvalue weighted by Gasteiger charge is 2.22. The van der Waals surface area contributed by atoms with Gasteiger partial charge in [-0.15, -0.1) is 0 Å². The Morgan fingerprint density at radius 3 is 2.78 bits per heavy atom. The summed E-state index contributed by atoms with van der Waals surface area (Å²) in [6.45, 7) is 5.11. The predicted octanol–water partition coefficient (Wildman–Crippen LogP) is 1.55. The zero-order chi connectivity index (χ0) is 13.0. The number of ether oxygens (including phenoxy) is 1. The van der Waals surface area contributed by atoms with Crippen LogP contribution in [-0.4, -0.2) is 43.8 Å². The molecule has 2 N–H and O–H groups in total. The van der Waals surface area contributed by atoms with Crippen molar-refractivity contribution in [2.45, 2.75) is 6.92 Å². The van der Waals surface area contributed by atoms with Crippen molar-refractivity contribution in [2.24, 2.45) is 0 Å². The Morgan fingerprint density at radius 2 is 2.17 bits per heavy atom. The van der Waals surface area contributed by atoms with Gasteiger partial charge in [-0.05, 0) is 25.1 Å². The van der Waals surface area contributed by atoms with Crippen molar-refractivity contribution >= 4 is 17.4 Å². The molecule has 0 bridgehead atoms. The summed E-state index contributed by atoms with van der Waals surface area (Å²) < 4.78 is 5.26. The summed E-state index contributed by atoms with van der Waals surface area (Å²) in [6, 6.07) is 7.42. The minimum absolute atomic E-state index is 0.0198. The van der Waals surface area contributed by atoms with Gasteiger partial charge in [0.25, 0.3) is 0 Å². The van der Waals surface area contributed by atoms with Crippen LogP contribution < -0.4 is 10.6 Å². The van der Waals surface area contributed by atoms with Crippen molar-refractivity contribution in [1.82, 2.24) is 4.90 Å². The van der Waals surface area contributed by atoms with E-state index in [-0.39, 0.29) is 6.03 Å². The molecule has 1 heterocycles. The van der Waals surface area contributed by atoms with Gasteiger partial charge in [-0.1, -0.05) is 6.07 Å². The Balaban J connectivity index is 2.14. The Labute approximate surface area is 107 Å². The van der Waals surface area contributed by atoms with Gasteiger partial charge in [0.1, 0.15) is 0 Å². The largest absolute Gasteiger partial charge is 0.399 e. The van der Waals surface area contributed by atoms with Gasteiger partial charge in [0.2, 0.25) is 0 Å². The smallest absolute Gasteiger partial charge is 0.324 e. The average molecular weight is 249 g/mol. The fourth-order valence-electron chi connectivity index (χ4n) is 2.05. The van der Waals surface area contributed by atoms with Crippen molar-refractivity contribution in [3.8, 4) is 0 Å². The summed E-state index contributed by atoms with van der Waals surface area (Å²) >= 11 is 0. The highest BCUT2D eigenvalue weighted by atomic mass is 16.5. The molecule has 0 aromatic heterocycles. The lowest BCUT2D eigenvalue weighted by Crippen LogP contribution is -2.48. The Hall–Kier alpha value is -1.75. The summed E-state index contributed by atoms with van der Waals surface area (Å²) in [6.07, 6.45) is 0. The summed E-state index contributed by atoms with van der Waals surface area (Å²) in [7, 11) is 0. The van der Waals surface area contributed by atoms with E-state index in [0.29, 0.717) is 38.5 Å². The number of nitrogen functional groups attached to an aromatic ring is 1. The number of nitrogens with zero attached hydrogens (tertiary/aromatic N) is 2. The molecule has 0 radical (unpaired) electrons. The van der Waals surface area contributed by atoms with E-state index in [9.17, 15) is 4.79 Å². The first kappa shape index (κ1) is 12.7. The Kier molecular flexibility index (Phi) is 4.04. The van der Waals surface area contributed by atoms with Gasteiger partial charge in [-0.25, -0.2) is 4.79 Å². The molecular formula is C13H19N3O2. The maximum absolute atomic E-state index is 12.4. The zero-order valence-corrected chi connectivity index (χ0v) is 10.6. The molecule has 1 fully saturated rings. The second kappa shape index (κ2) is 5.73. The molecule has 0 atom stereocenters. The molecule has 98 valence electrons. The molecule has 1 aromatic carbocycles.